The Bertz CT molecular complexity index is 440. The number of nitrogens with zero attached hydrogens (tertiary/aromatic N) is 2. The smallest absolute Gasteiger partial charge is 0.288 e. The van der Waals surface area contributed by atoms with Crippen LogP contribution in [0.3, 0.4) is 0 Å². The topological polar surface area (TPSA) is 94.1 Å². The summed E-state index contributed by atoms with van der Waals surface area (Å²) in [6, 6.07) is 1.76. The Balaban J connectivity index is 2.14. The standard InChI is InChI=1S/C10H13BrN4O2/c11-7-4-6(15(16)17)5-13-10(7)14-9-3-1-2-8(9)12/h4-5,8-9H,1-3,12H2,(H,13,14). The number of halogens is 1. The first kappa shape index (κ1) is 12.3. The summed E-state index contributed by atoms with van der Waals surface area (Å²) in [5.74, 6) is 0.609. The molecule has 1 aromatic rings. The molecule has 0 saturated heterocycles. The fourth-order valence-corrected chi connectivity index (χ4v) is 2.43. The number of pyridine rings is 1. The highest BCUT2D eigenvalue weighted by Gasteiger charge is 2.24. The van der Waals surface area contributed by atoms with Crippen molar-refractivity contribution in [3.63, 3.8) is 0 Å². The van der Waals surface area contributed by atoms with E-state index in [0.29, 0.717) is 10.3 Å². The molecule has 1 aliphatic rings. The van der Waals surface area contributed by atoms with Gasteiger partial charge in [0.2, 0.25) is 0 Å². The van der Waals surface area contributed by atoms with Crippen molar-refractivity contribution in [2.45, 2.75) is 31.3 Å². The highest BCUT2D eigenvalue weighted by Crippen LogP contribution is 2.27. The van der Waals surface area contributed by atoms with Crippen LogP contribution in [0.4, 0.5) is 11.5 Å². The van der Waals surface area contributed by atoms with Crippen LogP contribution in [0.25, 0.3) is 0 Å². The Morgan fingerprint density at radius 3 is 2.88 bits per heavy atom. The second-order valence-corrected chi connectivity index (χ2v) is 4.98. The van der Waals surface area contributed by atoms with Gasteiger partial charge < -0.3 is 11.1 Å². The minimum absolute atomic E-state index is 0.0295. The second-order valence-electron chi connectivity index (χ2n) is 4.13. The minimum Gasteiger partial charge on any atom is -0.365 e. The first-order valence-corrected chi connectivity index (χ1v) is 6.19. The Morgan fingerprint density at radius 1 is 1.59 bits per heavy atom. The lowest BCUT2D eigenvalue weighted by atomic mass is 10.2. The zero-order chi connectivity index (χ0) is 12.4. The molecule has 0 radical (unpaired) electrons. The molecule has 17 heavy (non-hydrogen) atoms. The number of hydrogen-bond donors (Lipinski definition) is 2. The molecule has 2 unspecified atom stereocenters. The van der Waals surface area contributed by atoms with Crippen molar-refractivity contribution in [2.75, 3.05) is 5.32 Å². The van der Waals surface area contributed by atoms with E-state index in [2.05, 4.69) is 26.2 Å². The van der Waals surface area contributed by atoms with E-state index in [1.807, 2.05) is 0 Å². The van der Waals surface area contributed by atoms with Gasteiger partial charge in [0.25, 0.3) is 5.69 Å². The quantitative estimate of drug-likeness (QED) is 0.658. The van der Waals surface area contributed by atoms with Crippen molar-refractivity contribution < 1.29 is 4.92 Å². The summed E-state index contributed by atoms with van der Waals surface area (Å²) in [5, 5.41) is 13.8. The van der Waals surface area contributed by atoms with Crippen LogP contribution in [0.15, 0.2) is 16.7 Å². The van der Waals surface area contributed by atoms with Gasteiger partial charge in [-0.15, -0.1) is 0 Å². The van der Waals surface area contributed by atoms with Crippen LogP contribution in [-0.4, -0.2) is 22.0 Å². The lowest BCUT2D eigenvalue weighted by molar-refractivity contribution is -0.385. The maximum absolute atomic E-state index is 10.6. The van der Waals surface area contributed by atoms with Gasteiger partial charge in [0.05, 0.1) is 9.40 Å². The molecule has 0 aromatic carbocycles. The molecule has 0 amide bonds. The molecule has 92 valence electrons. The molecule has 1 saturated carbocycles. The first-order valence-electron chi connectivity index (χ1n) is 5.40. The third-order valence-electron chi connectivity index (χ3n) is 2.93. The maximum Gasteiger partial charge on any atom is 0.288 e. The van der Waals surface area contributed by atoms with Gasteiger partial charge in [0, 0.05) is 18.2 Å². The van der Waals surface area contributed by atoms with Crippen LogP contribution in [0, 0.1) is 10.1 Å². The summed E-state index contributed by atoms with van der Waals surface area (Å²) < 4.78 is 0.589. The zero-order valence-electron chi connectivity index (χ0n) is 9.10. The summed E-state index contributed by atoms with van der Waals surface area (Å²) in [6.07, 6.45) is 4.35. The van der Waals surface area contributed by atoms with Gasteiger partial charge in [-0.2, -0.15) is 0 Å². The number of nitro groups is 1. The van der Waals surface area contributed by atoms with Crippen molar-refractivity contribution in [3.05, 3.63) is 26.9 Å². The van der Waals surface area contributed by atoms with Crippen LogP contribution in [0.2, 0.25) is 0 Å². The van der Waals surface area contributed by atoms with Crippen molar-refractivity contribution in [1.29, 1.82) is 0 Å². The molecule has 2 rings (SSSR count). The molecule has 1 aromatic heterocycles. The average Bonchev–Trinajstić information content (AvgIpc) is 2.67. The molecular weight excluding hydrogens is 288 g/mol. The third kappa shape index (κ3) is 2.73. The Kier molecular flexibility index (Phi) is 3.58. The molecule has 7 heteroatoms. The second kappa shape index (κ2) is 4.97. The summed E-state index contributed by atoms with van der Waals surface area (Å²) in [5.41, 5.74) is 5.91. The van der Waals surface area contributed by atoms with Gasteiger partial charge in [-0.3, -0.25) is 10.1 Å². The first-order chi connectivity index (χ1) is 8.08. The Hall–Kier alpha value is -1.21. The summed E-state index contributed by atoms with van der Waals surface area (Å²) in [6.45, 7) is 0. The predicted molar refractivity (Wildman–Crippen MR) is 67.8 cm³/mol. The highest BCUT2D eigenvalue weighted by molar-refractivity contribution is 9.10. The molecule has 3 N–H and O–H groups in total. The maximum atomic E-state index is 10.6. The minimum atomic E-state index is -0.469. The van der Waals surface area contributed by atoms with E-state index >= 15 is 0 Å². The van der Waals surface area contributed by atoms with E-state index in [0.717, 1.165) is 19.3 Å². The van der Waals surface area contributed by atoms with Crippen LogP contribution in [-0.2, 0) is 0 Å². The molecule has 6 nitrogen and oxygen atoms in total. The highest BCUT2D eigenvalue weighted by atomic mass is 79.9. The molecule has 1 fully saturated rings. The summed E-state index contributed by atoms with van der Waals surface area (Å²) >= 11 is 3.27. The van der Waals surface area contributed by atoms with Crippen LogP contribution in [0.5, 0.6) is 0 Å². The number of rotatable bonds is 3. The number of hydrogen-bond acceptors (Lipinski definition) is 5. The summed E-state index contributed by atoms with van der Waals surface area (Å²) in [7, 11) is 0. The lowest BCUT2D eigenvalue weighted by Crippen LogP contribution is -2.35. The number of nitrogens with one attached hydrogen (secondary N) is 1. The van der Waals surface area contributed by atoms with Gasteiger partial charge in [-0.1, -0.05) is 0 Å². The molecule has 1 aliphatic carbocycles. The van der Waals surface area contributed by atoms with Crippen LogP contribution >= 0.6 is 15.9 Å². The molecular formula is C10H13BrN4O2. The third-order valence-corrected chi connectivity index (χ3v) is 3.53. The Morgan fingerprint density at radius 2 is 2.35 bits per heavy atom. The lowest BCUT2D eigenvalue weighted by Gasteiger charge is -2.18. The van der Waals surface area contributed by atoms with Crippen LogP contribution in [0.1, 0.15) is 19.3 Å². The van der Waals surface area contributed by atoms with Crippen molar-refractivity contribution in [3.8, 4) is 0 Å². The average molecular weight is 301 g/mol. The molecule has 2 atom stereocenters. The van der Waals surface area contributed by atoms with Gasteiger partial charge in [0.15, 0.2) is 0 Å². The predicted octanol–water partition coefficient (Wildman–Crippen LogP) is 2.04. The number of aromatic nitrogens is 1. The van der Waals surface area contributed by atoms with E-state index in [1.165, 1.54) is 12.3 Å². The number of anilines is 1. The number of nitrogens with two attached hydrogens (primary N) is 1. The van der Waals surface area contributed by atoms with E-state index < -0.39 is 4.92 Å². The van der Waals surface area contributed by atoms with E-state index in [-0.39, 0.29) is 17.8 Å². The molecule has 0 aliphatic heterocycles. The van der Waals surface area contributed by atoms with Crippen molar-refractivity contribution in [2.24, 2.45) is 5.73 Å². The summed E-state index contributed by atoms with van der Waals surface area (Å²) in [4.78, 5) is 14.1. The zero-order valence-corrected chi connectivity index (χ0v) is 10.7. The van der Waals surface area contributed by atoms with Gasteiger partial charge in [0.1, 0.15) is 12.0 Å². The molecule has 0 bridgehead atoms. The fraction of sp³-hybridized carbons (Fsp3) is 0.500. The monoisotopic (exact) mass is 300 g/mol. The molecule has 1 heterocycles. The fourth-order valence-electron chi connectivity index (χ4n) is 1.98. The van der Waals surface area contributed by atoms with Gasteiger partial charge in [-0.25, -0.2) is 4.98 Å². The van der Waals surface area contributed by atoms with Crippen LogP contribution < -0.4 is 11.1 Å². The van der Waals surface area contributed by atoms with Gasteiger partial charge in [-0.05, 0) is 35.2 Å². The SMILES string of the molecule is NC1CCCC1Nc1ncc([N+](=O)[O-])cc1Br. The van der Waals surface area contributed by atoms with Gasteiger partial charge >= 0.3 is 0 Å². The molecule has 0 spiro atoms. The van der Waals surface area contributed by atoms with E-state index in [1.54, 1.807) is 0 Å². The Labute approximate surface area is 107 Å². The van der Waals surface area contributed by atoms with E-state index in [4.69, 9.17) is 5.73 Å². The normalized spacial score (nSPS) is 23.6. The van der Waals surface area contributed by atoms with Crippen molar-refractivity contribution >= 4 is 27.4 Å². The van der Waals surface area contributed by atoms with Crippen molar-refractivity contribution in [1.82, 2.24) is 4.98 Å². The largest absolute Gasteiger partial charge is 0.365 e. The van der Waals surface area contributed by atoms with E-state index in [9.17, 15) is 10.1 Å².